The molecule has 2 aromatic carbocycles. The Kier molecular flexibility index (Phi) is 6.10. The van der Waals surface area contributed by atoms with Crippen LogP contribution in [0.3, 0.4) is 0 Å². The fraction of sp³-hybridized carbons (Fsp3) is 0.176. The van der Waals surface area contributed by atoms with Gasteiger partial charge in [-0.15, -0.1) is 0 Å². The molecule has 0 bridgehead atoms. The van der Waals surface area contributed by atoms with Crippen LogP contribution in [-0.2, 0) is 4.79 Å². The topological polar surface area (TPSA) is 120 Å². The van der Waals surface area contributed by atoms with Crippen molar-refractivity contribution in [2.45, 2.75) is 13.0 Å². The number of anilines is 1. The average Bonchev–Trinajstić information content (AvgIpc) is 2.62. The standard InChI is InChI=1S/C17H17N3O6/c1-11(16(21)19-17(22)18-12-6-4-3-5-7-12)26-15-10-13(20(23)24)8-9-14(15)25-2/h3-11H,1-2H3,(H2,18,19,21,22). The molecule has 0 aliphatic heterocycles. The van der Waals surface area contributed by atoms with Crippen molar-refractivity contribution in [2.75, 3.05) is 12.4 Å². The molecule has 9 nitrogen and oxygen atoms in total. The number of nitrogens with zero attached hydrogens (tertiary/aromatic N) is 1. The van der Waals surface area contributed by atoms with Gasteiger partial charge >= 0.3 is 6.03 Å². The number of hydrogen-bond donors (Lipinski definition) is 2. The minimum Gasteiger partial charge on any atom is -0.493 e. The number of non-ortho nitro benzene ring substituents is 1. The van der Waals surface area contributed by atoms with Gasteiger partial charge in [-0.25, -0.2) is 4.79 Å². The maximum absolute atomic E-state index is 12.1. The van der Waals surface area contributed by atoms with E-state index in [0.717, 1.165) is 6.07 Å². The van der Waals surface area contributed by atoms with Crippen LogP contribution in [-0.4, -0.2) is 30.1 Å². The normalized spacial score (nSPS) is 11.2. The molecule has 9 heteroatoms. The fourth-order valence-electron chi connectivity index (χ4n) is 2.01. The second-order valence-electron chi connectivity index (χ2n) is 5.16. The first-order valence-corrected chi connectivity index (χ1v) is 7.56. The average molecular weight is 359 g/mol. The molecule has 0 saturated carbocycles. The molecule has 2 aromatic rings. The van der Waals surface area contributed by atoms with E-state index in [1.54, 1.807) is 30.3 Å². The third kappa shape index (κ3) is 4.94. The van der Waals surface area contributed by atoms with E-state index in [2.05, 4.69) is 10.6 Å². The van der Waals surface area contributed by atoms with E-state index in [4.69, 9.17) is 9.47 Å². The van der Waals surface area contributed by atoms with Crippen LogP contribution in [0.5, 0.6) is 11.5 Å². The number of ether oxygens (including phenoxy) is 2. The molecule has 2 N–H and O–H groups in total. The summed E-state index contributed by atoms with van der Waals surface area (Å²) in [5, 5.41) is 15.5. The second kappa shape index (κ2) is 8.47. The predicted molar refractivity (Wildman–Crippen MR) is 93.3 cm³/mol. The second-order valence-corrected chi connectivity index (χ2v) is 5.16. The van der Waals surface area contributed by atoms with Gasteiger partial charge in [-0.05, 0) is 25.1 Å². The van der Waals surface area contributed by atoms with Crippen LogP contribution in [0.4, 0.5) is 16.2 Å². The maximum Gasteiger partial charge on any atom is 0.325 e. The Labute approximate surface area is 149 Å². The lowest BCUT2D eigenvalue weighted by Crippen LogP contribution is -2.42. The van der Waals surface area contributed by atoms with E-state index >= 15 is 0 Å². The van der Waals surface area contributed by atoms with Crippen LogP contribution >= 0.6 is 0 Å². The molecule has 0 fully saturated rings. The zero-order valence-electron chi connectivity index (χ0n) is 14.1. The monoisotopic (exact) mass is 359 g/mol. The Morgan fingerprint density at radius 2 is 1.81 bits per heavy atom. The number of imide groups is 1. The van der Waals surface area contributed by atoms with E-state index in [1.165, 1.54) is 26.2 Å². The fourth-order valence-corrected chi connectivity index (χ4v) is 2.01. The van der Waals surface area contributed by atoms with Gasteiger partial charge in [-0.2, -0.15) is 0 Å². The summed E-state index contributed by atoms with van der Waals surface area (Å²) in [5.74, 6) is -0.469. The smallest absolute Gasteiger partial charge is 0.325 e. The summed E-state index contributed by atoms with van der Waals surface area (Å²) >= 11 is 0. The SMILES string of the molecule is COc1ccc([N+](=O)[O-])cc1OC(C)C(=O)NC(=O)Nc1ccccc1. The number of nitro benzene ring substituents is 1. The Morgan fingerprint density at radius 3 is 2.42 bits per heavy atom. The molecule has 2 rings (SSSR count). The number of nitrogens with one attached hydrogen (secondary N) is 2. The zero-order chi connectivity index (χ0) is 19.1. The number of amides is 3. The first-order chi connectivity index (χ1) is 12.4. The first kappa shape index (κ1) is 18.7. The summed E-state index contributed by atoms with van der Waals surface area (Å²) in [6.07, 6.45) is -1.09. The van der Waals surface area contributed by atoms with Crippen LogP contribution in [0.2, 0.25) is 0 Å². The van der Waals surface area contributed by atoms with Crippen LogP contribution in [0, 0.1) is 10.1 Å². The molecular weight excluding hydrogens is 342 g/mol. The molecule has 0 heterocycles. The van der Waals surface area contributed by atoms with E-state index in [9.17, 15) is 19.7 Å². The quantitative estimate of drug-likeness (QED) is 0.604. The highest BCUT2D eigenvalue weighted by Gasteiger charge is 2.21. The van der Waals surface area contributed by atoms with Gasteiger partial charge in [0.1, 0.15) is 0 Å². The lowest BCUT2D eigenvalue weighted by Gasteiger charge is -2.16. The van der Waals surface area contributed by atoms with Crippen molar-refractivity contribution in [3.8, 4) is 11.5 Å². The Balaban J connectivity index is 2.01. The molecule has 26 heavy (non-hydrogen) atoms. The number of rotatable bonds is 6. The molecule has 0 radical (unpaired) electrons. The Hall–Kier alpha value is -3.62. The molecule has 0 aliphatic rings. The molecule has 3 amide bonds. The maximum atomic E-state index is 12.1. The van der Waals surface area contributed by atoms with Gasteiger partial charge in [-0.3, -0.25) is 20.2 Å². The van der Waals surface area contributed by atoms with Gasteiger partial charge in [0.05, 0.1) is 18.1 Å². The number of urea groups is 1. The molecule has 136 valence electrons. The summed E-state index contributed by atoms with van der Waals surface area (Å²) in [5.41, 5.74) is 0.307. The first-order valence-electron chi connectivity index (χ1n) is 7.56. The number of hydrogen-bond acceptors (Lipinski definition) is 6. The molecule has 1 unspecified atom stereocenters. The predicted octanol–water partition coefficient (Wildman–Crippen LogP) is 2.72. The molecule has 1 atom stereocenters. The number of carbonyl (C=O) groups excluding carboxylic acids is 2. The largest absolute Gasteiger partial charge is 0.493 e. The summed E-state index contributed by atoms with van der Waals surface area (Å²) in [6.45, 7) is 1.41. The van der Waals surface area contributed by atoms with E-state index in [1.807, 2.05) is 0 Å². The van der Waals surface area contributed by atoms with Crippen molar-refractivity contribution in [1.82, 2.24) is 5.32 Å². The van der Waals surface area contributed by atoms with Crippen molar-refractivity contribution in [1.29, 1.82) is 0 Å². The van der Waals surface area contributed by atoms with Crippen LogP contribution in [0.15, 0.2) is 48.5 Å². The Morgan fingerprint density at radius 1 is 1.12 bits per heavy atom. The molecular formula is C17H17N3O6. The molecule has 0 aromatic heterocycles. The van der Waals surface area contributed by atoms with Gasteiger partial charge in [0.15, 0.2) is 17.6 Å². The highest BCUT2D eigenvalue weighted by molar-refractivity contribution is 6.02. The van der Waals surface area contributed by atoms with E-state index in [0.29, 0.717) is 5.69 Å². The highest BCUT2D eigenvalue weighted by atomic mass is 16.6. The zero-order valence-corrected chi connectivity index (χ0v) is 14.1. The van der Waals surface area contributed by atoms with Crippen LogP contribution in [0.25, 0.3) is 0 Å². The minimum atomic E-state index is -1.09. The van der Waals surface area contributed by atoms with Crippen molar-refractivity contribution in [2.24, 2.45) is 0 Å². The lowest BCUT2D eigenvalue weighted by molar-refractivity contribution is -0.385. The van der Waals surface area contributed by atoms with Gasteiger partial charge in [-0.1, -0.05) is 18.2 Å². The third-order valence-electron chi connectivity index (χ3n) is 3.30. The molecule has 0 saturated heterocycles. The van der Waals surface area contributed by atoms with Crippen molar-refractivity contribution in [3.63, 3.8) is 0 Å². The van der Waals surface area contributed by atoms with Gasteiger partial charge < -0.3 is 14.8 Å². The van der Waals surface area contributed by atoms with Crippen LogP contribution in [0.1, 0.15) is 6.92 Å². The molecule has 0 spiro atoms. The minimum absolute atomic E-state index is 0.0211. The number of carbonyl (C=O) groups is 2. The Bertz CT molecular complexity index is 809. The third-order valence-corrected chi connectivity index (χ3v) is 3.30. The lowest BCUT2D eigenvalue weighted by atomic mass is 10.2. The van der Waals surface area contributed by atoms with Crippen molar-refractivity contribution < 1.29 is 24.0 Å². The van der Waals surface area contributed by atoms with Crippen molar-refractivity contribution >= 4 is 23.3 Å². The molecule has 0 aliphatic carbocycles. The summed E-state index contributed by atoms with van der Waals surface area (Å²) in [6, 6.07) is 11.6. The number of para-hydroxylation sites is 1. The van der Waals surface area contributed by atoms with Crippen LogP contribution < -0.4 is 20.1 Å². The van der Waals surface area contributed by atoms with E-state index in [-0.39, 0.29) is 17.2 Å². The summed E-state index contributed by atoms with van der Waals surface area (Å²) in [7, 11) is 1.37. The van der Waals surface area contributed by atoms with Gasteiger partial charge in [0.25, 0.3) is 11.6 Å². The van der Waals surface area contributed by atoms with E-state index < -0.39 is 23.0 Å². The van der Waals surface area contributed by atoms with Crippen molar-refractivity contribution in [3.05, 3.63) is 58.6 Å². The van der Waals surface area contributed by atoms with Gasteiger partial charge in [0, 0.05) is 11.8 Å². The highest BCUT2D eigenvalue weighted by Crippen LogP contribution is 2.31. The van der Waals surface area contributed by atoms with Gasteiger partial charge in [0.2, 0.25) is 0 Å². The number of benzene rings is 2. The number of methoxy groups -OCH3 is 1. The number of nitro groups is 1. The summed E-state index contributed by atoms with van der Waals surface area (Å²) in [4.78, 5) is 34.2. The summed E-state index contributed by atoms with van der Waals surface area (Å²) < 4.78 is 10.5.